The third-order valence-electron chi connectivity index (χ3n) is 11.9. The summed E-state index contributed by atoms with van der Waals surface area (Å²) in [5.74, 6) is 2.29. The van der Waals surface area contributed by atoms with Crippen molar-refractivity contribution < 1.29 is 37.8 Å². The molecule has 0 saturated carbocycles. The maximum Gasteiger partial charge on any atom is 0.407 e. The highest BCUT2D eigenvalue weighted by Crippen LogP contribution is 2.44. The van der Waals surface area contributed by atoms with Crippen LogP contribution in [-0.4, -0.2) is 99.7 Å². The molecule has 3 aromatic heterocycles. The summed E-state index contributed by atoms with van der Waals surface area (Å²) in [7, 11) is 2.57. The zero-order valence-corrected chi connectivity index (χ0v) is 34.8. The number of nitrogens with one attached hydrogen (secondary N) is 4. The quantitative estimate of drug-likeness (QED) is 0.115. The van der Waals surface area contributed by atoms with Gasteiger partial charge in [0, 0.05) is 41.6 Å². The van der Waals surface area contributed by atoms with Gasteiger partial charge in [0.05, 0.1) is 62.3 Å². The molecular weight excluding hydrogens is 769 g/mol. The summed E-state index contributed by atoms with van der Waals surface area (Å²) in [5.41, 5.74) is 6.11. The number of ether oxygens (including phenoxy) is 3. The van der Waals surface area contributed by atoms with Crippen LogP contribution >= 0.6 is 0 Å². The predicted octanol–water partition coefficient (Wildman–Crippen LogP) is 6.90. The number of alkyl carbamates (subject to hydrolysis) is 2. The molecule has 60 heavy (non-hydrogen) atoms. The van der Waals surface area contributed by atoms with E-state index in [1.807, 2.05) is 58.0 Å². The van der Waals surface area contributed by atoms with Gasteiger partial charge < -0.3 is 49.0 Å². The molecule has 0 radical (unpaired) electrons. The van der Waals surface area contributed by atoms with Crippen molar-refractivity contribution >= 4 is 35.0 Å². The van der Waals surface area contributed by atoms with Crippen molar-refractivity contribution in [1.82, 2.24) is 40.4 Å². The molecule has 16 heteroatoms. The number of aromatic amines is 2. The predicted molar refractivity (Wildman–Crippen MR) is 222 cm³/mol. The maximum atomic E-state index is 13.7. The van der Waals surface area contributed by atoms with E-state index in [4.69, 9.17) is 28.6 Å². The van der Waals surface area contributed by atoms with Gasteiger partial charge in [-0.3, -0.25) is 9.59 Å². The van der Waals surface area contributed by atoms with Gasteiger partial charge in [-0.25, -0.2) is 19.6 Å². The highest BCUT2D eigenvalue weighted by atomic mass is 16.5. The van der Waals surface area contributed by atoms with E-state index in [1.165, 1.54) is 14.2 Å². The van der Waals surface area contributed by atoms with E-state index in [0.717, 1.165) is 76.1 Å². The number of hydrogen-bond donors (Lipinski definition) is 4. The summed E-state index contributed by atoms with van der Waals surface area (Å²) in [6.45, 7) is 9.19. The third-order valence-corrected chi connectivity index (χ3v) is 11.9. The number of hydrogen-bond acceptors (Lipinski definition) is 10. The molecule has 2 unspecified atom stereocenters. The van der Waals surface area contributed by atoms with Gasteiger partial charge in [0.15, 0.2) is 0 Å². The first kappa shape index (κ1) is 40.5. The fraction of sp³-hybridized carbons (Fsp3) is 0.455. The minimum atomic E-state index is -0.711. The molecule has 2 saturated heterocycles. The van der Waals surface area contributed by atoms with E-state index in [2.05, 4.69) is 26.7 Å². The second kappa shape index (κ2) is 16.7. The molecule has 8 rings (SSSR count). The summed E-state index contributed by atoms with van der Waals surface area (Å²) in [4.78, 5) is 71.4. The summed E-state index contributed by atoms with van der Waals surface area (Å²) >= 11 is 0. The highest BCUT2D eigenvalue weighted by Gasteiger charge is 2.39. The van der Waals surface area contributed by atoms with Crippen LogP contribution in [0.3, 0.4) is 0 Å². The highest BCUT2D eigenvalue weighted by molar-refractivity contribution is 5.93. The minimum absolute atomic E-state index is 0.123. The summed E-state index contributed by atoms with van der Waals surface area (Å²) in [5, 5.41) is 6.39. The van der Waals surface area contributed by atoms with Crippen LogP contribution < -0.4 is 15.4 Å². The Balaban J connectivity index is 1.01. The summed E-state index contributed by atoms with van der Waals surface area (Å²) in [6.07, 6.45) is 6.12. The number of methoxy groups -OCH3 is 2. The molecule has 2 fully saturated rings. The summed E-state index contributed by atoms with van der Waals surface area (Å²) in [6, 6.07) is 10.2. The molecular formula is C44H52N8O8. The molecule has 3 aliphatic rings. The molecule has 0 bridgehead atoms. The number of rotatable bonds is 10. The Morgan fingerprint density at radius 1 is 0.767 bits per heavy atom. The molecule has 0 spiro atoms. The standard InChI is InChI=1S/C44H52N8O8/c1-23(2)36(49-43(55)57-5)41(53)51-16-7-9-32(51)39-45-21-30(47-39)25-12-14-34-29(19-25)27-15-18-59-35-20-26(11-13-28(35)38(27)60-34)31-22-46-40(48-31)33-10-8-17-52(33)42(54)37(24(3)4)50-44(56)58-6/h11-14,19-24,32-33,36-37H,7-10,15-18H2,1-6H3,(H,45,47)(H,46,48)(H,49,55)(H,50,56)/t32-,33-,36?,37?/m0/s1. The smallest absolute Gasteiger partial charge is 0.407 e. The lowest BCUT2D eigenvalue weighted by Crippen LogP contribution is -2.51. The van der Waals surface area contributed by atoms with Gasteiger partial charge in [0.2, 0.25) is 11.8 Å². The average Bonchev–Trinajstić information content (AvgIpc) is 4.10. The van der Waals surface area contributed by atoms with Crippen molar-refractivity contribution in [3.8, 4) is 39.6 Å². The van der Waals surface area contributed by atoms with E-state index in [9.17, 15) is 19.2 Å². The number of H-pyrrole nitrogens is 2. The fourth-order valence-corrected chi connectivity index (χ4v) is 8.73. The van der Waals surface area contributed by atoms with E-state index in [0.29, 0.717) is 43.5 Å². The first-order valence-corrected chi connectivity index (χ1v) is 20.7. The molecule has 5 aromatic rings. The van der Waals surface area contributed by atoms with Crippen molar-refractivity contribution in [2.75, 3.05) is 33.9 Å². The number of nitrogens with zero attached hydrogens (tertiary/aromatic N) is 4. The number of likely N-dealkylation sites (tertiary alicyclic amines) is 2. The minimum Gasteiger partial charge on any atom is -0.492 e. The number of amides is 4. The van der Waals surface area contributed by atoms with Crippen molar-refractivity contribution in [2.45, 2.75) is 84.0 Å². The van der Waals surface area contributed by atoms with Crippen LogP contribution in [0.15, 0.2) is 53.2 Å². The Morgan fingerprint density at radius 3 is 1.83 bits per heavy atom. The number of carbonyl (C=O) groups excluding carboxylic acids is 4. The lowest BCUT2D eigenvalue weighted by Gasteiger charge is -2.30. The largest absolute Gasteiger partial charge is 0.492 e. The van der Waals surface area contributed by atoms with Gasteiger partial charge in [-0.1, -0.05) is 33.8 Å². The Hall–Kier alpha value is -6.32. The zero-order valence-electron chi connectivity index (χ0n) is 34.8. The van der Waals surface area contributed by atoms with Gasteiger partial charge in [-0.2, -0.15) is 0 Å². The Kier molecular flexibility index (Phi) is 11.3. The molecule has 316 valence electrons. The second-order valence-corrected chi connectivity index (χ2v) is 16.4. The Morgan fingerprint density at radius 2 is 1.30 bits per heavy atom. The lowest BCUT2D eigenvalue weighted by molar-refractivity contribution is -0.136. The van der Waals surface area contributed by atoms with Gasteiger partial charge in [0.1, 0.15) is 40.8 Å². The second-order valence-electron chi connectivity index (χ2n) is 16.4. The van der Waals surface area contributed by atoms with Crippen LogP contribution in [0.2, 0.25) is 0 Å². The van der Waals surface area contributed by atoms with E-state index >= 15 is 0 Å². The molecule has 16 nitrogen and oxygen atoms in total. The molecule has 2 aromatic carbocycles. The molecule has 4 N–H and O–H groups in total. The topological polar surface area (TPSA) is 197 Å². The van der Waals surface area contributed by atoms with E-state index < -0.39 is 24.3 Å². The van der Waals surface area contributed by atoms with Gasteiger partial charge in [-0.05, 0) is 67.9 Å². The van der Waals surface area contributed by atoms with E-state index in [1.54, 1.807) is 22.2 Å². The molecule has 4 atom stereocenters. The number of imidazole rings is 2. The van der Waals surface area contributed by atoms with Gasteiger partial charge >= 0.3 is 12.2 Å². The monoisotopic (exact) mass is 820 g/mol. The Labute approximate surface area is 347 Å². The number of benzene rings is 2. The number of aromatic nitrogens is 4. The number of carbonyl (C=O) groups is 4. The number of furan rings is 1. The third kappa shape index (κ3) is 7.66. The van der Waals surface area contributed by atoms with Crippen LogP contribution in [0, 0.1) is 11.8 Å². The van der Waals surface area contributed by atoms with Crippen molar-refractivity contribution in [1.29, 1.82) is 0 Å². The lowest BCUT2D eigenvalue weighted by atomic mass is 10.0. The normalized spacial score (nSPS) is 18.5. The van der Waals surface area contributed by atoms with Crippen LogP contribution in [0.25, 0.3) is 44.8 Å². The summed E-state index contributed by atoms with van der Waals surface area (Å²) < 4.78 is 22.4. The van der Waals surface area contributed by atoms with Gasteiger partial charge in [0.25, 0.3) is 0 Å². The number of fused-ring (bicyclic) bond motifs is 5. The van der Waals surface area contributed by atoms with Crippen LogP contribution in [0.5, 0.6) is 5.75 Å². The first-order chi connectivity index (χ1) is 28.9. The van der Waals surface area contributed by atoms with Gasteiger partial charge in [-0.15, -0.1) is 0 Å². The molecule has 4 amide bonds. The van der Waals surface area contributed by atoms with E-state index in [-0.39, 0.29) is 35.7 Å². The first-order valence-electron chi connectivity index (χ1n) is 20.7. The van der Waals surface area contributed by atoms with Crippen LogP contribution in [-0.2, 0) is 25.5 Å². The molecule has 3 aliphatic heterocycles. The fourth-order valence-electron chi connectivity index (χ4n) is 8.73. The SMILES string of the molecule is COC(=O)NC(C(=O)N1CCC[C@H]1c1ncc(-c2ccc3c(c2)OCCc2c-3oc3ccc(-c4cnc([C@@H]5CCCN5C(=O)C(NC(=O)OC)C(C)C)[nH]4)cc23)[nH]1)C(C)C. The van der Waals surface area contributed by atoms with Crippen LogP contribution in [0.1, 0.15) is 82.7 Å². The van der Waals surface area contributed by atoms with Crippen LogP contribution in [0.4, 0.5) is 9.59 Å². The average molecular weight is 821 g/mol. The Bertz CT molecular complexity index is 2410. The van der Waals surface area contributed by atoms with Crippen molar-refractivity contribution in [3.63, 3.8) is 0 Å². The molecule has 0 aliphatic carbocycles. The van der Waals surface area contributed by atoms with Crippen molar-refractivity contribution in [2.24, 2.45) is 11.8 Å². The molecule has 6 heterocycles. The zero-order chi connectivity index (χ0) is 42.2. The maximum absolute atomic E-state index is 13.7. The van der Waals surface area contributed by atoms with Crippen molar-refractivity contribution in [3.05, 3.63) is 66.0 Å².